The maximum Gasteiger partial charge on any atom is 0.338 e. The van der Waals surface area contributed by atoms with Crippen LogP contribution in [0.15, 0.2) is 65.1 Å². The van der Waals surface area contributed by atoms with Gasteiger partial charge in [-0.3, -0.25) is 9.69 Å². The summed E-state index contributed by atoms with van der Waals surface area (Å²) < 4.78 is 30.2. The molecule has 0 bridgehead atoms. The average Bonchev–Trinajstić information content (AvgIpc) is 3.26. The smallest absolute Gasteiger partial charge is 0.338 e. The van der Waals surface area contributed by atoms with E-state index < -0.39 is 17.7 Å². The molecule has 0 aromatic heterocycles. The number of hydrogen-bond acceptors (Lipinski definition) is 7. The number of allylic oxidation sites excluding steroid dienone is 2. The van der Waals surface area contributed by atoms with E-state index in [0.29, 0.717) is 46.9 Å². The summed E-state index contributed by atoms with van der Waals surface area (Å²) in [5.74, 6) is -0.523. The van der Waals surface area contributed by atoms with Crippen LogP contribution in [0.25, 0.3) is 0 Å². The summed E-state index contributed by atoms with van der Waals surface area (Å²) in [6, 6.07) is 11.2. The van der Waals surface area contributed by atoms with Gasteiger partial charge in [0.25, 0.3) is 0 Å². The first-order chi connectivity index (χ1) is 16.7. The van der Waals surface area contributed by atoms with Gasteiger partial charge in [-0.15, -0.1) is 0 Å². The van der Waals surface area contributed by atoms with E-state index in [-0.39, 0.29) is 36.0 Å². The second-order valence-electron chi connectivity index (χ2n) is 9.68. The molecule has 0 fully saturated rings. The second kappa shape index (κ2) is 8.45. The number of esters is 1. The van der Waals surface area contributed by atoms with Crippen molar-refractivity contribution in [2.24, 2.45) is 11.1 Å². The van der Waals surface area contributed by atoms with Gasteiger partial charge in [0.15, 0.2) is 17.3 Å². The van der Waals surface area contributed by atoms with Crippen LogP contribution in [-0.2, 0) is 14.3 Å². The zero-order chi connectivity index (χ0) is 24.9. The van der Waals surface area contributed by atoms with Gasteiger partial charge < -0.3 is 19.9 Å². The molecule has 182 valence electrons. The molecule has 0 radical (unpaired) electrons. The van der Waals surface area contributed by atoms with Gasteiger partial charge in [-0.05, 0) is 60.7 Å². The van der Waals surface area contributed by atoms with Gasteiger partial charge in [0.2, 0.25) is 6.79 Å². The molecule has 1 atom stereocenters. The van der Waals surface area contributed by atoms with Crippen LogP contribution >= 0.6 is 0 Å². The van der Waals surface area contributed by atoms with Gasteiger partial charge in [0.1, 0.15) is 11.6 Å². The SMILES string of the molecule is CCOC(=O)C1=C(N)N(c2ccc(F)cc2)C2=C(C(=O)CC(C)(C)C2)[C@@H]1c1ccc2c(c1)OCO2. The molecular weight excluding hydrogens is 451 g/mol. The third-order valence-corrected chi connectivity index (χ3v) is 6.57. The number of Topliss-reactive ketones (excluding diaryl/α,β-unsaturated/α-hetero) is 1. The van der Waals surface area contributed by atoms with Gasteiger partial charge in [0, 0.05) is 23.4 Å². The van der Waals surface area contributed by atoms with Crippen LogP contribution in [0, 0.1) is 11.2 Å². The topological polar surface area (TPSA) is 91.1 Å². The largest absolute Gasteiger partial charge is 0.463 e. The number of benzene rings is 2. The van der Waals surface area contributed by atoms with Gasteiger partial charge >= 0.3 is 5.97 Å². The molecule has 5 rings (SSSR count). The quantitative estimate of drug-likeness (QED) is 0.646. The molecule has 0 spiro atoms. The minimum absolute atomic E-state index is 0.0691. The summed E-state index contributed by atoms with van der Waals surface area (Å²) in [6.45, 7) is 6.00. The Bertz CT molecular complexity index is 1280. The van der Waals surface area contributed by atoms with Crippen molar-refractivity contribution in [2.45, 2.75) is 39.5 Å². The van der Waals surface area contributed by atoms with E-state index in [9.17, 15) is 14.0 Å². The summed E-state index contributed by atoms with van der Waals surface area (Å²) in [6.07, 6.45) is 0.865. The Balaban J connectivity index is 1.77. The maximum atomic E-state index is 13.7. The first-order valence-corrected chi connectivity index (χ1v) is 11.6. The molecule has 2 aromatic carbocycles. The third-order valence-electron chi connectivity index (χ3n) is 6.57. The Hall–Kier alpha value is -3.81. The first-order valence-electron chi connectivity index (χ1n) is 11.6. The van der Waals surface area contributed by atoms with Gasteiger partial charge in [0.05, 0.1) is 18.1 Å². The molecule has 2 aromatic rings. The van der Waals surface area contributed by atoms with Crippen molar-refractivity contribution in [3.05, 3.63) is 76.5 Å². The Morgan fingerprint density at radius 3 is 2.57 bits per heavy atom. The van der Waals surface area contributed by atoms with Crippen LogP contribution in [0.1, 0.15) is 45.1 Å². The molecule has 3 aliphatic rings. The van der Waals surface area contributed by atoms with Crippen molar-refractivity contribution >= 4 is 17.4 Å². The number of carbonyl (C=O) groups excluding carboxylic acids is 2. The minimum atomic E-state index is -0.737. The number of hydrogen-bond donors (Lipinski definition) is 1. The zero-order valence-electron chi connectivity index (χ0n) is 19.9. The summed E-state index contributed by atoms with van der Waals surface area (Å²) in [4.78, 5) is 28.7. The van der Waals surface area contributed by atoms with E-state index in [2.05, 4.69) is 0 Å². The average molecular weight is 479 g/mol. The molecule has 0 unspecified atom stereocenters. The summed E-state index contributed by atoms with van der Waals surface area (Å²) in [5, 5.41) is 0. The second-order valence-corrected chi connectivity index (χ2v) is 9.68. The van der Waals surface area contributed by atoms with E-state index in [1.165, 1.54) is 12.1 Å². The molecule has 35 heavy (non-hydrogen) atoms. The lowest BCUT2D eigenvalue weighted by Gasteiger charge is -2.44. The Kier molecular flexibility index (Phi) is 5.54. The predicted molar refractivity (Wildman–Crippen MR) is 127 cm³/mol. The van der Waals surface area contributed by atoms with Crippen molar-refractivity contribution in [1.29, 1.82) is 0 Å². The van der Waals surface area contributed by atoms with Crippen LogP contribution in [0.3, 0.4) is 0 Å². The van der Waals surface area contributed by atoms with Gasteiger partial charge in [-0.1, -0.05) is 19.9 Å². The summed E-state index contributed by atoms with van der Waals surface area (Å²) >= 11 is 0. The molecule has 7 nitrogen and oxygen atoms in total. The molecular formula is C27H27FN2O5. The standard InChI is InChI=1S/C27H27FN2O5/c1-4-33-26(32)24-22(15-5-10-20-21(11-15)35-14-34-20)23-18(12-27(2,3)13-19(23)31)30(25(24)29)17-8-6-16(28)7-9-17/h5-11,22H,4,12-14,29H2,1-3H3/t22-/m0/s1. The van der Waals surface area contributed by atoms with Crippen molar-refractivity contribution in [1.82, 2.24) is 0 Å². The Morgan fingerprint density at radius 2 is 1.86 bits per heavy atom. The summed E-state index contributed by atoms with van der Waals surface area (Å²) in [5.41, 5.74) is 8.99. The monoisotopic (exact) mass is 478 g/mol. The number of rotatable bonds is 4. The number of nitrogens with zero attached hydrogens (tertiary/aromatic N) is 1. The third kappa shape index (κ3) is 3.92. The number of nitrogens with two attached hydrogens (primary N) is 1. The number of anilines is 1. The van der Waals surface area contributed by atoms with Crippen LogP contribution in [-0.4, -0.2) is 25.2 Å². The maximum absolute atomic E-state index is 13.7. The number of carbonyl (C=O) groups is 2. The van der Waals surface area contributed by atoms with E-state index in [4.69, 9.17) is 19.9 Å². The fourth-order valence-electron chi connectivity index (χ4n) is 5.13. The van der Waals surface area contributed by atoms with Crippen LogP contribution in [0.2, 0.25) is 0 Å². The highest BCUT2D eigenvalue weighted by atomic mass is 19.1. The highest BCUT2D eigenvalue weighted by molar-refractivity contribution is 6.05. The van der Waals surface area contributed by atoms with E-state index in [1.54, 1.807) is 36.1 Å². The van der Waals surface area contributed by atoms with Crippen molar-refractivity contribution in [2.75, 3.05) is 18.3 Å². The minimum Gasteiger partial charge on any atom is -0.463 e. The number of halogens is 1. The fourth-order valence-corrected chi connectivity index (χ4v) is 5.13. The Morgan fingerprint density at radius 1 is 1.14 bits per heavy atom. The van der Waals surface area contributed by atoms with Gasteiger partial charge in [-0.25, -0.2) is 9.18 Å². The van der Waals surface area contributed by atoms with Crippen molar-refractivity contribution < 1.29 is 28.2 Å². The Labute approximate surface area is 202 Å². The van der Waals surface area contributed by atoms with Crippen LogP contribution in [0.4, 0.5) is 10.1 Å². The molecule has 2 heterocycles. The lowest BCUT2D eigenvalue weighted by Crippen LogP contribution is -2.43. The highest BCUT2D eigenvalue weighted by Crippen LogP contribution is 2.51. The molecule has 0 saturated carbocycles. The van der Waals surface area contributed by atoms with Crippen LogP contribution < -0.4 is 20.1 Å². The fraction of sp³-hybridized carbons (Fsp3) is 0.333. The molecule has 2 N–H and O–H groups in total. The summed E-state index contributed by atoms with van der Waals surface area (Å²) in [7, 11) is 0. The molecule has 0 saturated heterocycles. The number of ether oxygens (including phenoxy) is 3. The van der Waals surface area contributed by atoms with Crippen molar-refractivity contribution in [3.63, 3.8) is 0 Å². The lowest BCUT2D eigenvalue weighted by atomic mass is 9.68. The number of ketones is 1. The number of fused-ring (bicyclic) bond motifs is 1. The lowest BCUT2D eigenvalue weighted by molar-refractivity contribution is -0.138. The highest BCUT2D eigenvalue weighted by Gasteiger charge is 2.46. The predicted octanol–water partition coefficient (Wildman–Crippen LogP) is 4.53. The van der Waals surface area contributed by atoms with Crippen molar-refractivity contribution in [3.8, 4) is 11.5 Å². The molecule has 1 aliphatic carbocycles. The van der Waals surface area contributed by atoms with Gasteiger partial charge in [-0.2, -0.15) is 0 Å². The molecule has 8 heteroatoms. The molecule has 0 amide bonds. The van der Waals surface area contributed by atoms with E-state index in [1.807, 2.05) is 19.9 Å². The molecule has 2 aliphatic heterocycles. The normalized spacial score (nSPS) is 20.7. The first kappa shape index (κ1) is 23.0. The van der Waals surface area contributed by atoms with Crippen LogP contribution in [0.5, 0.6) is 11.5 Å². The van der Waals surface area contributed by atoms with E-state index in [0.717, 1.165) is 0 Å². The van der Waals surface area contributed by atoms with E-state index >= 15 is 0 Å². The zero-order valence-corrected chi connectivity index (χ0v) is 19.9.